The molecule has 1 heterocycles. The van der Waals surface area contributed by atoms with Gasteiger partial charge >= 0.3 is 0 Å². The van der Waals surface area contributed by atoms with Gasteiger partial charge in [-0.15, -0.1) is 0 Å². The van der Waals surface area contributed by atoms with Crippen LogP contribution >= 0.6 is 0 Å². The molecule has 3 N–H and O–H groups in total. The predicted molar refractivity (Wildman–Crippen MR) is 85.8 cm³/mol. The quantitative estimate of drug-likeness (QED) is 0.829. The van der Waals surface area contributed by atoms with Gasteiger partial charge in [-0.05, 0) is 50.9 Å². The fourth-order valence-corrected chi connectivity index (χ4v) is 2.96. The summed E-state index contributed by atoms with van der Waals surface area (Å²) in [6.07, 6.45) is 1.02. The first-order valence-electron chi connectivity index (χ1n) is 7.86. The molecule has 0 aliphatic carbocycles. The Labute approximate surface area is 132 Å². The van der Waals surface area contributed by atoms with Crippen LogP contribution in [0.4, 0.5) is 0 Å². The third-order valence-corrected chi connectivity index (χ3v) is 4.29. The van der Waals surface area contributed by atoms with Crippen LogP contribution in [0.25, 0.3) is 0 Å². The maximum absolute atomic E-state index is 11.1. The minimum absolute atomic E-state index is 0.0146. The molecule has 0 spiro atoms. The lowest BCUT2D eigenvalue weighted by Gasteiger charge is -2.31. The summed E-state index contributed by atoms with van der Waals surface area (Å²) in [6.45, 7) is 6.45. The maximum Gasteiger partial charge on any atom is 0.220 e. The molecular formula is C17H26N2O3. The van der Waals surface area contributed by atoms with Crippen molar-refractivity contribution in [1.82, 2.24) is 4.90 Å². The van der Waals surface area contributed by atoms with E-state index in [1.54, 1.807) is 0 Å². The van der Waals surface area contributed by atoms with E-state index in [-0.39, 0.29) is 18.4 Å². The van der Waals surface area contributed by atoms with E-state index in [1.165, 1.54) is 0 Å². The normalized spacial score (nSPS) is 18.1. The van der Waals surface area contributed by atoms with Crippen LogP contribution in [0.1, 0.15) is 24.0 Å². The summed E-state index contributed by atoms with van der Waals surface area (Å²) in [6, 6.07) is 6.00. The van der Waals surface area contributed by atoms with E-state index in [2.05, 4.69) is 4.90 Å². The number of hydrogen-bond acceptors (Lipinski definition) is 4. The SMILES string of the molecule is Cc1cccc(C)c1OCC(O)CN1CCC(C(N)=O)CC1. The number of benzene rings is 1. The fraction of sp³-hybridized carbons (Fsp3) is 0.588. The third-order valence-electron chi connectivity index (χ3n) is 4.29. The lowest BCUT2D eigenvalue weighted by molar-refractivity contribution is -0.123. The Bertz CT molecular complexity index is 490. The summed E-state index contributed by atoms with van der Waals surface area (Å²) in [4.78, 5) is 13.3. The summed E-state index contributed by atoms with van der Waals surface area (Å²) >= 11 is 0. The van der Waals surface area contributed by atoms with Crippen LogP contribution in [-0.2, 0) is 4.79 Å². The number of para-hydroxylation sites is 1. The smallest absolute Gasteiger partial charge is 0.220 e. The number of β-amino-alcohol motifs (C(OH)–C–C–N with tert-alkyl or cyclic N) is 1. The maximum atomic E-state index is 11.1. The Balaban J connectivity index is 1.77. The zero-order valence-electron chi connectivity index (χ0n) is 13.4. The lowest BCUT2D eigenvalue weighted by Crippen LogP contribution is -2.43. The number of likely N-dealkylation sites (tertiary alicyclic amines) is 1. The Morgan fingerprint density at radius 1 is 1.36 bits per heavy atom. The molecule has 1 amide bonds. The van der Waals surface area contributed by atoms with Crippen LogP contribution < -0.4 is 10.5 Å². The van der Waals surface area contributed by atoms with Gasteiger partial charge in [0.25, 0.3) is 0 Å². The molecular weight excluding hydrogens is 280 g/mol. The van der Waals surface area contributed by atoms with Crippen molar-refractivity contribution in [3.05, 3.63) is 29.3 Å². The van der Waals surface area contributed by atoms with Gasteiger partial charge in [0.2, 0.25) is 5.91 Å². The molecule has 5 nitrogen and oxygen atoms in total. The average molecular weight is 306 g/mol. The van der Waals surface area contributed by atoms with E-state index < -0.39 is 6.10 Å². The summed E-state index contributed by atoms with van der Waals surface area (Å²) in [7, 11) is 0. The largest absolute Gasteiger partial charge is 0.490 e. The van der Waals surface area contributed by atoms with E-state index in [1.807, 2.05) is 32.0 Å². The van der Waals surface area contributed by atoms with Gasteiger partial charge in [-0.2, -0.15) is 0 Å². The number of rotatable bonds is 6. The van der Waals surface area contributed by atoms with Crippen LogP contribution in [0, 0.1) is 19.8 Å². The lowest BCUT2D eigenvalue weighted by atomic mass is 9.96. The van der Waals surface area contributed by atoms with Crippen molar-refractivity contribution < 1.29 is 14.6 Å². The van der Waals surface area contributed by atoms with Gasteiger partial charge in [-0.1, -0.05) is 18.2 Å². The van der Waals surface area contributed by atoms with Crippen molar-refractivity contribution in [2.75, 3.05) is 26.2 Å². The molecule has 1 fully saturated rings. The molecule has 1 aromatic rings. The molecule has 0 bridgehead atoms. The number of carbonyl (C=O) groups excluding carboxylic acids is 1. The summed E-state index contributed by atoms with van der Waals surface area (Å²) in [5, 5.41) is 10.2. The number of piperidine rings is 1. The van der Waals surface area contributed by atoms with Gasteiger partial charge in [0.1, 0.15) is 18.5 Å². The van der Waals surface area contributed by atoms with Crippen molar-refractivity contribution in [3.63, 3.8) is 0 Å². The molecule has 1 aliphatic rings. The molecule has 5 heteroatoms. The van der Waals surface area contributed by atoms with Crippen molar-refractivity contribution >= 4 is 5.91 Å². The minimum Gasteiger partial charge on any atom is -0.490 e. The number of carbonyl (C=O) groups is 1. The zero-order chi connectivity index (χ0) is 16.1. The monoisotopic (exact) mass is 306 g/mol. The van der Waals surface area contributed by atoms with E-state index in [4.69, 9.17) is 10.5 Å². The highest BCUT2D eigenvalue weighted by atomic mass is 16.5. The van der Waals surface area contributed by atoms with Gasteiger partial charge in [0, 0.05) is 12.5 Å². The van der Waals surface area contributed by atoms with Crippen LogP contribution in [-0.4, -0.2) is 48.3 Å². The molecule has 2 rings (SSSR count). The number of ether oxygens (including phenoxy) is 1. The van der Waals surface area contributed by atoms with Crippen molar-refractivity contribution in [3.8, 4) is 5.75 Å². The van der Waals surface area contributed by atoms with Crippen LogP contribution in [0.15, 0.2) is 18.2 Å². The minimum atomic E-state index is -0.538. The van der Waals surface area contributed by atoms with Crippen molar-refractivity contribution in [2.24, 2.45) is 11.7 Å². The number of nitrogens with two attached hydrogens (primary N) is 1. The summed E-state index contributed by atoms with van der Waals surface area (Å²) in [5.74, 6) is 0.631. The molecule has 1 aromatic carbocycles. The Kier molecular flexibility index (Phi) is 5.80. The average Bonchev–Trinajstić information content (AvgIpc) is 2.47. The summed E-state index contributed by atoms with van der Waals surface area (Å²) in [5.41, 5.74) is 7.48. The highest BCUT2D eigenvalue weighted by Crippen LogP contribution is 2.22. The van der Waals surface area contributed by atoms with Crippen LogP contribution in [0.5, 0.6) is 5.75 Å². The molecule has 0 radical (unpaired) electrons. The first-order chi connectivity index (χ1) is 10.5. The second-order valence-electron chi connectivity index (χ2n) is 6.16. The van der Waals surface area contributed by atoms with E-state index in [0.29, 0.717) is 6.54 Å². The number of nitrogens with zero attached hydrogens (tertiary/aromatic N) is 1. The second kappa shape index (κ2) is 7.61. The van der Waals surface area contributed by atoms with Crippen molar-refractivity contribution in [1.29, 1.82) is 0 Å². The standard InChI is InChI=1S/C17H26N2O3/c1-12-4-3-5-13(2)16(12)22-11-15(20)10-19-8-6-14(7-9-19)17(18)21/h3-5,14-15,20H,6-11H2,1-2H3,(H2,18,21). The number of aliphatic hydroxyl groups excluding tert-OH is 1. The molecule has 1 atom stereocenters. The van der Waals surface area contributed by atoms with E-state index in [9.17, 15) is 9.90 Å². The topological polar surface area (TPSA) is 75.8 Å². The number of amides is 1. The Morgan fingerprint density at radius 2 is 1.95 bits per heavy atom. The highest BCUT2D eigenvalue weighted by molar-refractivity contribution is 5.76. The first-order valence-corrected chi connectivity index (χ1v) is 7.86. The fourth-order valence-electron chi connectivity index (χ4n) is 2.96. The number of aryl methyl sites for hydroxylation is 2. The Hall–Kier alpha value is -1.59. The van der Waals surface area contributed by atoms with Crippen LogP contribution in [0.2, 0.25) is 0 Å². The van der Waals surface area contributed by atoms with Gasteiger partial charge in [-0.3, -0.25) is 4.79 Å². The molecule has 0 aromatic heterocycles. The zero-order valence-corrected chi connectivity index (χ0v) is 13.4. The van der Waals surface area contributed by atoms with E-state index in [0.717, 1.165) is 42.8 Å². The molecule has 1 aliphatic heterocycles. The second-order valence-corrected chi connectivity index (χ2v) is 6.16. The molecule has 22 heavy (non-hydrogen) atoms. The van der Waals surface area contributed by atoms with Gasteiger partial charge < -0.3 is 20.5 Å². The predicted octanol–water partition coefficient (Wildman–Crippen LogP) is 1.24. The third kappa shape index (κ3) is 4.45. The number of aliphatic hydroxyl groups is 1. The molecule has 122 valence electrons. The molecule has 1 unspecified atom stereocenters. The highest BCUT2D eigenvalue weighted by Gasteiger charge is 2.24. The summed E-state index contributed by atoms with van der Waals surface area (Å²) < 4.78 is 5.78. The van der Waals surface area contributed by atoms with E-state index >= 15 is 0 Å². The Morgan fingerprint density at radius 3 is 2.50 bits per heavy atom. The molecule has 0 saturated carbocycles. The van der Waals surface area contributed by atoms with Gasteiger partial charge in [0.15, 0.2) is 0 Å². The van der Waals surface area contributed by atoms with Gasteiger partial charge in [-0.25, -0.2) is 0 Å². The van der Waals surface area contributed by atoms with Crippen molar-refractivity contribution in [2.45, 2.75) is 32.8 Å². The number of hydrogen-bond donors (Lipinski definition) is 2. The first kappa shape index (κ1) is 16.8. The molecule has 1 saturated heterocycles. The van der Waals surface area contributed by atoms with Crippen LogP contribution in [0.3, 0.4) is 0 Å². The number of primary amides is 1. The van der Waals surface area contributed by atoms with Gasteiger partial charge in [0.05, 0.1) is 0 Å².